The van der Waals surface area contributed by atoms with Crippen molar-refractivity contribution >= 4 is 77.6 Å². The van der Waals surface area contributed by atoms with Crippen molar-refractivity contribution in [3.8, 4) is 0 Å². The summed E-state index contributed by atoms with van der Waals surface area (Å²) in [5.41, 5.74) is 0. The molecule has 1 aliphatic heterocycles. The van der Waals surface area contributed by atoms with Gasteiger partial charge in [-0.1, -0.05) is 147 Å². The van der Waals surface area contributed by atoms with Gasteiger partial charge in [0.05, 0.1) is 19.8 Å². The van der Waals surface area contributed by atoms with Gasteiger partial charge in [-0.15, -0.1) is 0 Å². The summed E-state index contributed by atoms with van der Waals surface area (Å²) in [6.45, 7) is 5.97. The number of carbonyl (C=O) groups is 2. The maximum atomic E-state index is 12.8. The van der Waals surface area contributed by atoms with Crippen molar-refractivity contribution in [1.82, 2.24) is 0 Å². The zero-order valence-electron chi connectivity index (χ0n) is 24.5. The molecule has 1 rings (SSSR count). The molecule has 0 aromatic heterocycles. The fourth-order valence-corrected chi connectivity index (χ4v) is 4.90. The fraction of sp³-hybridized carbons (Fsp3) is 0.903. The molecule has 1 heterocycles. The Morgan fingerprint density at radius 3 is 1.15 bits per heavy atom. The molecule has 0 atom stereocenters. The molecule has 0 aromatic rings. The van der Waals surface area contributed by atoms with E-state index in [9.17, 15) is 9.59 Å². The van der Waals surface area contributed by atoms with Gasteiger partial charge >= 0.3 is 71.3 Å². The number of ether oxygens (including phenoxy) is 2. The molecule has 0 fully saturated rings. The van der Waals surface area contributed by atoms with Gasteiger partial charge in [0, 0.05) is 0 Å². The van der Waals surface area contributed by atoms with E-state index in [1.54, 1.807) is 0 Å². The van der Waals surface area contributed by atoms with Crippen LogP contribution in [0, 0.1) is 0 Å². The van der Waals surface area contributed by atoms with Crippen LogP contribution in [0.25, 0.3) is 0 Å². The van der Waals surface area contributed by atoms with E-state index in [2.05, 4.69) is 18.8 Å². The van der Waals surface area contributed by atoms with Crippen molar-refractivity contribution < 1.29 is 23.5 Å². The number of amides is 2. The first-order valence-corrected chi connectivity index (χ1v) is 15.9. The third-order valence-corrected chi connectivity index (χ3v) is 7.46. The van der Waals surface area contributed by atoms with Crippen molar-refractivity contribution in [2.45, 2.75) is 155 Å². The monoisotopic (exact) mass is 571 g/mol. The number of unbranched alkanes of at least 4 members (excludes halogenated alkanes) is 20. The van der Waals surface area contributed by atoms with Gasteiger partial charge in [-0.3, -0.25) is 0 Å². The number of quaternary nitrogens is 1. The van der Waals surface area contributed by atoms with Gasteiger partial charge in [0.25, 0.3) is 0 Å². The van der Waals surface area contributed by atoms with Crippen LogP contribution in [-0.2, 0) is 9.47 Å². The van der Waals surface area contributed by atoms with Gasteiger partial charge in [-0.05, 0) is 12.8 Å². The first-order chi connectivity index (χ1) is 18.2. The Bertz CT molecular complexity index is 565. The van der Waals surface area contributed by atoms with Crippen LogP contribution in [0.1, 0.15) is 155 Å². The van der Waals surface area contributed by atoms with E-state index in [-0.39, 0.29) is 59.1 Å². The molecule has 0 N–H and O–H groups in total. The van der Waals surface area contributed by atoms with Gasteiger partial charge in [-0.2, -0.15) is 9.59 Å². The Labute approximate surface area is 285 Å². The molecule has 6 nitrogen and oxygen atoms in total. The van der Waals surface area contributed by atoms with E-state index in [1.165, 1.54) is 122 Å². The quantitative estimate of drug-likeness (QED) is 0.0662. The second-order valence-corrected chi connectivity index (χ2v) is 10.9. The number of hydrogen-bond donors (Lipinski definition) is 0. The molecule has 1 aliphatic rings. The van der Waals surface area contributed by atoms with Crippen molar-refractivity contribution in [1.29, 1.82) is 0 Å². The van der Waals surface area contributed by atoms with E-state index in [0.717, 1.165) is 25.7 Å². The minimum absolute atomic E-state index is 0. The molecule has 0 saturated heterocycles. The SMILES string of the molecule is CCCCCCCCCCCCCOC(=O)[N+]1(C(=O)OCCCCCCCCCCCCC)C=NCC1.[NaH].[NaH]. The molecule has 2 amide bonds. The van der Waals surface area contributed by atoms with Crippen LogP contribution < -0.4 is 0 Å². The van der Waals surface area contributed by atoms with Gasteiger partial charge in [0.1, 0.15) is 6.54 Å². The van der Waals surface area contributed by atoms with Crippen LogP contribution in [0.2, 0.25) is 0 Å². The Kier molecular flexibility index (Phi) is 32.1. The second kappa shape index (κ2) is 30.0. The first kappa shape index (κ1) is 41.7. The number of nitrogens with zero attached hydrogens (tertiary/aromatic N) is 2. The van der Waals surface area contributed by atoms with Gasteiger partial charge < -0.3 is 9.47 Å². The van der Waals surface area contributed by atoms with E-state index in [1.807, 2.05) is 0 Å². The second-order valence-electron chi connectivity index (χ2n) is 10.9. The standard InChI is InChI=1S/C31H59N2O4.2Na.2H/c1-3-5-7-9-11-13-15-17-19-21-23-27-36-30(34)33(26-25-32-29-33)31(35)37-28-24-22-20-18-16-14-12-10-8-6-4-2;;;;/h29H,3-28H2,1-2H3;;;;/q+1;;;;. The fourth-order valence-electron chi connectivity index (χ4n) is 4.90. The summed E-state index contributed by atoms with van der Waals surface area (Å²) in [5, 5.41) is 0. The zero-order valence-corrected chi connectivity index (χ0v) is 24.5. The molecule has 220 valence electrons. The van der Waals surface area contributed by atoms with E-state index in [0.29, 0.717) is 26.3 Å². The zero-order chi connectivity index (χ0) is 26.9. The topological polar surface area (TPSA) is 65.0 Å². The summed E-state index contributed by atoms with van der Waals surface area (Å²) < 4.78 is 10.4. The molecule has 8 heteroatoms. The molecule has 0 unspecified atom stereocenters. The minimum atomic E-state index is -0.546. The molecular weight excluding hydrogens is 510 g/mol. The summed E-state index contributed by atoms with van der Waals surface area (Å²) in [7, 11) is 0. The summed E-state index contributed by atoms with van der Waals surface area (Å²) in [5.74, 6) is 0. The average Bonchev–Trinajstić information content (AvgIpc) is 3.41. The van der Waals surface area contributed by atoms with Crippen molar-refractivity contribution in [3.63, 3.8) is 0 Å². The van der Waals surface area contributed by atoms with Gasteiger partial charge in [0.2, 0.25) is 6.34 Å². The van der Waals surface area contributed by atoms with Crippen LogP contribution in [0.3, 0.4) is 0 Å². The van der Waals surface area contributed by atoms with E-state index in [4.69, 9.17) is 9.47 Å². The van der Waals surface area contributed by atoms with Crippen molar-refractivity contribution in [2.75, 3.05) is 26.3 Å². The van der Waals surface area contributed by atoms with Gasteiger partial charge in [-0.25, -0.2) is 4.99 Å². The number of aliphatic imine (C=N–C) groups is 1. The third-order valence-electron chi connectivity index (χ3n) is 7.46. The van der Waals surface area contributed by atoms with Crippen molar-refractivity contribution in [3.05, 3.63) is 0 Å². The van der Waals surface area contributed by atoms with E-state index < -0.39 is 16.7 Å². The Morgan fingerprint density at radius 1 is 0.564 bits per heavy atom. The molecule has 0 spiro atoms. The predicted octanol–water partition coefficient (Wildman–Crippen LogP) is 8.44. The maximum absolute atomic E-state index is 12.8. The van der Waals surface area contributed by atoms with Crippen LogP contribution in [0.5, 0.6) is 0 Å². The molecule has 0 aliphatic carbocycles. The average molecular weight is 572 g/mol. The molecule has 0 saturated carbocycles. The summed E-state index contributed by atoms with van der Waals surface area (Å²) >= 11 is 0. The van der Waals surface area contributed by atoms with Gasteiger partial charge in [0.15, 0.2) is 0 Å². The molecular formula is C31H61N2Na2O4+. The Morgan fingerprint density at radius 2 is 0.872 bits per heavy atom. The molecule has 0 aromatic carbocycles. The number of imide groups is 1. The summed E-state index contributed by atoms with van der Waals surface area (Å²) in [6, 6.07) is 0. The Balaban J connectivity index is 0. The normalized spacial score (nSPS) is 13.5. The van der Waals surface area contributed by atoms with E-state index >= 15 is 0 Å². The summed E-state index contributed by atoms with van der Waals surface area (Å²) in [4.78, 5) is 29.7. The summed E-state index contributed by atoms with van der Waals surface area (Å²) in [6.07, 6.45) is 27.8. The van der Waals surface area contributed by atoms with Crippen LogP contribution in [0.15, 0.2) is 4.99 Å². The molecule has 0 radical (unpaired) electrons. The number of rotatable bonds is 24. The third kappa shape index (κ3) is 21.0. The van der Waals surface area contributed by atoms with Crippen molar-refractivity contribution in [2.24, 2.45) is 4.99 Å². The molecule has 39 heavy (non-hydrogen) atoms. The predicted molar refractivity (Wildman–Crippen MR) is 168 cm³/mol. The molecule has 0 bridgehead atoms. The first-order valence-electron chi connectivity index (χ1n) is 15.9. The number of carbonyl (C=O) groups excluding carboxylic acids is 2. The number of hydrogen-bond acceptors (Lipinski definition) is 5. The van der Waals surface area contributed by atoms with Crippen LogP contribution in [0.4, 0.5) is 9.59 Å². The van der Waals surface area contributed by atoms with Crippen LogP contribution in [-0.4, -0.2) is 108 Å². The Hall–Kier alpha value is 0.570. The van der Waals surface area contributed by atoms with Crippen LogP contribution >= 0.6 is 0 Å².